The zero-order valence-electron chi connectivity index (χ0n) is 21.7. The average Bonchev–Trinajstić information content (AvgIpc) is 3.41. The third-order valence-corrected chi connectivity index (χ3v) is 9.16. The first kappa shape index (κ1) is 27.2. The van der Waals surface area contributed by atoms with Crippen LogP contribution in [0.2, 0.25) is 5.02 Å². The number of methoxy groups -OCH3 is 1. The molecular formula is C28H29ClFNO8. The van der Waals surface area contributed by atoms with Crippen molar-refractivity contribution in [3.05, 3.63) is 53.2 Å². The molecule has 2 aromatic rings. The predicted octanol–water partition coefficient (Wildman–Crippen LogP) is 5.48. The van der Waals surface area contributed by atoms with Crippen molar-refractivity contribution in [3.63, 3.8) is 0 Å². The highest BCUT2D eigenvalue weighted by atomic mass is 35.5. The third kappa shape index (κ3) is 4.58. The molecule has 2 aliphatic carbocycles. The van der Waals surface area contributed by atoms with E-state index in [9.17, 15) is 23.6 Å². The predicted molar refractivity (Wildman–Crippen MR) is 135 cm³/mol. The highest BCUT2D eigenvalue weighted by molar-refractivity contribution is 6.30. The molecule has 39 heavy (non-hydrogen) atoms. The topological polar surface area (TPSA) is 121 Å². The SMILES string of the molecule is COC(=O)[C@@H]1C[C@H](OC(=O)Nc2ccc(Cl)cc2F)C(=O)[C@H]2[C@@]1(C)CC[C@H]1C(=O)O[C@H](c3ccoc3)C[C@]21C. The van der Waals surface area contributed by atoms with Crippen molar-refractivity contribution in [1.29, 1.82) is 0 Å². The van der Waals surface area contributed by atoms with E-state index in [2.05, 4.69) is 5.32 Å². The summed E-state index contributed by atoms with van der Waals surface area (Å²) >= 11 is 5.78. The first-order chi connectivity index (χ1) is 18.5. The van der Waals surface area contributed by atoms with Crippen molar-refractivity contribution in [2.24, 2.45) is 28.6 Å². The molecule has 2 heterocycles. The molecule has 0 bridgehead atoms. The molecule has 1 aliphatic heterocycles. The minimum absolute atomic E-state index is 0.0919. The van der Waals surface area contributed by atoms with Gasteiger partial charge >= 0.3 is 18.0 Å². The van der Waals surface area contributed by atoms with Gasteiger partial charge in [-0.3, -0.25) is 19.7 Å². The number of furan rings is 1. The van der Waals surface area contributed by atoms with Crippen LogP contribution in [0.4, 0.5) is 14.9 Å². The molecular weight excluding hydrogens is 533 g/mol. The number of hydrogen-bond donors (Lipinski definition) is 1. The van der Waals surface area contributed by atoms with Gasteiger partial charge < -0.3 is 18.6 Å². The fraction of sp³-hybridized carbons (Fsp3) is 0.500. The van der Waals surface area contributed by atoms with Crippen LogP contribution >= 0.6 is 11.6 Å². The molecule has 208 valence electrons. The number of nitrogens with one attached hydrogen (secondary N) is 1. The largest absolute Gasteiger partial charge is 0.472 e. The van der Waals surface area contributed by atoms with Crippen molar-refractivity contribution >= 4 is 41.1 Å². The van der Waals surface area contributed by atoms with Gasteiger partial charge in [0, 0.05) is 22.9 Å². The van der Waals surface area contributed by atoms with Crippen LogP contribution in [0.3, 0.4) is 0 Å². The highest BCUT2D eigenvalue weighted by Crippen LogP contribution is 2.65. The Morgan fingerprint density at radius 3 is 2.62 bits per heavy atom. The standard InChI is InChI=1S/C28H29ClFNO8/c1-27-8-6-16-25(34)38-21(14-7-9-37-13-14)12-28(16,2)23(27)22(32)20(11-17(27)24(33)36-3)39-26(35)31-19-5-4-15(29)10-18(19)30/h4-5,7,9-10,13,16-17,20-21,23H,6,8,11-12H2,1-3H3,(H,31,35)/t16-,17-,20-,21-,23-,27-,28-/m0/s1. The fourth-order valence-electron chi connectivity index (χ4n) is 7.12. The number of fused-ring (bicyclic) bond motifs is 3. The number of benzene rings is 1. The molecule has 0 radical (unpaired) electrons. The van der Waals surface area contributed by atoms with Crippen LogP contribution < -0.4 is 5.32 Å². The van der Waals surface area contributed by atoms with E-state index in [4.69, 9.17) is 30.2 Å². The lowest BCUT2D eigenvalue weighted by atomic mass is 9.43. The first-order valence-electron chi connectivity index (χ1n) is 12.7. The molecule has 1 saturated heterocycles. The molecule has 7 atom stereocenters. The lowest BCUT2D eigenvalue weighted by Crippen LogP contribution is -2.64. The summed E-state index contributed by atoms with van der Waals surface area (Å²) in [6.45, 7) is 3.73. The zero-order valence-corrected chi connectivity index (χ0v) is 22.5. The van der Waals surface area contributed by atoms with Crippen LogP contribution in [0.5, 0.6) is 0 Å². The lowest BCUT2D eigenvalue weighted by Gasteiger charge is -2.60. The summed E-state index contributed by atoms with van der Waals surface area (Å²) in [7, 11) is 1.27. The second-order valence-corrected chi connectivity index (χ2v) is 11.5. The molecule has 1 aromatic heterocycles. The van der Waals surface area contributed by atoms with E-state index in [0.717, 1.165) is 6.07 Å². The normalized spacial score (nSPS) is 33.8. The smallest absolute Gasteiger partial charge is 0.412 e. The molecule has 0 spiro atoms. The number of Topliss-reactive ketones (excluding diaryl/α,β-unsaturated/α-hetero) is 1. The summed E-state index contributed by atoms with van der Waals surface area (Å²) in [4.78, 5) is 53.2. The minimum atomic E-state index is -1.32. The van der Waals surface area contributed by atoms with Crippen molar-refractivity contribution in [2.45, 2.75) is 51.7 Å². The van der Waals surface area contributed by atoms with E-state index in [0.29, 0.717) is 24.8 Å². The lowest BCUT2D eigenvalue weighted by molar-refractivity contribution is -0.207. The van der Waals surface area contributed by atoms with Crippen LogP contribution in [0.25, 0.3) is 0 Å². The molecule has 0 unspecified atom stereocenters. The van der Waals surface area contributed by atoms with Crippen LogP contribution in [0.15, 0.2) is 41.2 Å². The zero-order chi connectivity index (χ0) is 28.1. The van der Waals surface area contributed by atoms with Gasteiger partial charge in [-0.15, -0.1) is 0 Å². The van der Waals surface area contributed by atoms with Gasteiger partial charge in [-0.05, 0) is 54.4 Å². The van der Waals surface area contributed by atoms with Gasteiger partial charge in [0.25, 0.3) is 0 Å². The molecule has 5 rings (SSSR count). The summed E-state index contributed by atoms with van der Waals surface area (Å²) in [5, 5.41) is 2.44. The summed E-state index contributed by atoms with van der Waals surface area (Å²) in [6.07, 6.45) is 1.03. The van der Waals surface area contributed by atoms with Crippen LogP contribution in [0.1, 0.15) is 51.2 Å². The highest BCUT2D eigenvalue weighted by Gasteiger charge is 2.67. The molecule has 3 aliphatic rings. The monoisotopic (exact) mass is 561 g/mol. The maximum Gasteiger partial charge on any atom is 0.412 e. The average molecular weight is 562 g/mol. The molecule has 1 N–H and O–H groups in total. The Kier molecular flexibility index (Phi) is 6.95. The van der Waals surface area contributed by atoms with E-state index >= 15 is 0 Å². The van der Waals surface area contributed by atoms with E-state index in [-0.39, 0.29) is 17.1 Å². The van der Waals surface area contributed by atoms with Crippen molar-refractivity contribution < 1.29 is 42.2 Å². The number of hydrogen-bond acceptors (Lipinski definition) is 8. The number of amides is 1. The quantitative estimate of drug-likeness (QED) is 0.385. The van der Waals surface area contributed by atoms with Gasteiger partial charge in [-0.25, -0.2) is 9.18 Å². The Bertz CT molecular complexity index is 1310. The molecule has 2 saturated carbocycles. The van der Waals surface area contributed by atoms with Crippen molar-refractivity contribution in [3.8, 4) is 0 Å². The fourth-order valence-corrected chi connectivity index (χ4v) is 7.28. The Hall–Kier alpha value is -3.40. The second-order valence-electron chi connectivity index (χ2n) is 11.1. The number of carbonyl (C=O) groups is 4. The van der Waals surface area contributed by atoms with Gasteiger partial charge in [0.05, 0.1) is 37.2 Å². The Labute approximate surface area is 229 Å². The number of ether oxygens (including phenoxy) is 3. The maximum atomic E-state index is 14.2. The first-order valence-corrected chi connectivity index (χ1v) is 13.1. The Morgan fingerprint density at radius 2 is 1.95 bits per heavy atom. The minimum Gasteiger partial charge on any atom is -0.472 e. The molecule has 9 nitrogen and oxygen atoms in total. The number of anilines is 1. The number of carbonyl (C=O) groups excluding carboxylic acids is 4. The van der Waals surface area contributed by atoms with E-state index in [1.165, 1.54) is 31.8 Å². The van der Waals surface area contributed by atoms with Gasteiger partial charge in [-0.2, -0.15) is 0 Å². The molecule has 3 fully saturated rings. The van der Waals surface area contributed by atoms with Crippen molar-refractivity contribution in [1.82, 2.24) is 0 Å². The number of ketones is 1. The summed E-state index contributed by atoms with van der Waals surface area (Å²) < 4.78 is 35.8. The van der Waals surface area contributed by atoms with Gasteiger partial charge in [0.1, 0.15) is 11.9 Å². The number of cyclic esters (lactones) is 1. The summed E-state index contributed by atoms with van der Waals surface area (Å²) in [5.41, 5.74) is -1.27. The van der Waals surface area contributed by atoms with E-state index < -0.39 is 70.4 Å². The van der Waals surface area contributed by atoms with E-state index in [1.807, 2.05) is 13.8 Å². The second kappa shape index (κ2) is 9.97. The summed E-state index contributed by atoms with van der Waals surface area (Å²) in [5.74, 6) is -4.30. The Morgan fingerprint density at radius 1 is 1.18 bits per heavy atom. The number of halogens is 2. The Balaban J connectivity index is 1.48. The molecule has 11 heteroatoms. The maximum absolute atomic E-state index is 14.2. The van der Waals surface area contributed by atoms with Gasteiger partial charge in [-0.1, -0.05) is 25.4 Å². The number of rotatable bonds is 4. The van der Waals surface area contributed by atoms with Crippen LogP contribution in [0, 0.1) is 34.4 Å². The van der Waals surface area contributed by atoms with Crippen LogP contribution in [-0.2, 0) is 28.6 Å². The van der Waals surface area contributed by atoms with Crippen molar-refractivity contribution in [2.75, 3.05) is 12.4 Å². The van der Waals surface area contributed by atoms with Gasteiger partial charge in [0.2, 0.25) is 0 Å². The van der Waals surface area contributed by atoms with E-state index in [1.54, 1.807) is 6.07 Å². The van der Waals surface area contributed by atoms with Gasteiger partial charge in [0.15, 0.2) is 11.9 Å². The number of esters is 2. The molecule has 1 amide bonds. The van der Waals surface area contributed by atoms with Crippen LogP contribution in [-0.4, -0.2) is 37.0 Å². The summed E-state index contributed by atoms with van der Waals surface area (Å²) in [6, 6.07) is 5.40. The molecule has 1 aromatic carbocycles. The third-order valence-electron chi connectivity index (χ3n) is 8.92.